The maximum atomic E-state index is 11.8. The average Bonchev–Trinajstić information content (AvgIpc) is 3.20. The van der Waals surface area contributed by atoms with Gasteiger partial charge in [-0.05, 0) is 24.8 Å². The fourth-order valence-corrected chi connectivity index (χ4v) is 2.96. The third-order valence-electron chi connectivity index (χ3n) is 3.24. The summed E-state index contributed by atoms with van der Waals surface area (Å²) in [7, 11) is 0. The van der Waals surface area contributed by atoms with E-state index in [0.717, 1.165) is 12.1 Å². The molecule has 0 unspecified atom stereocenters. The van der Waals surface area contributed by atoms with Crippen LogP contribution in [0.4, 0.5) is 0 Å². The van der Waals surface area contributed by atoms with Crippen molar-refractivity contribution in [3.63, 3.8) is 0 Å². The van der Waals surface area contributed by atoms with Crippen LogP contribution >= 0.6 is 23.4 Å². The zero-order valence-electron chi connectivity index (χ0n) is 10.8. The van der Waals surface area contributed by atoms with Crippen LogP contribution in [0.5, 0.6) is 0 Å². The number of thioether (sulfide) groups is 1. The zero-order valence-corrected chi connectivity index (χ0v) is 12.4. The summed E-state index contributed by atoms with van der Waals surface area (Å²) < 4.78 is 0. The van der Waals surface area contributed by atoms with Crippen LogP contribution in [0.15, 0.2) is 34.5 Å². The standard InChI is InChI=1S/C14H14ClN3OS/c15-12-4-2-1-3-11(12)7-16-17-14-18(8-10-5-6-10)13(19)9-20-14/h1-4,7,10H,5-6,8-9H2/b16-7+,17-14?. The van der Waals surface area contributed by atoms with E-state index < -0.39 is 0 Å². The van der Waals surface area contributed by atoms with Gasteiger partial charge in [0, 0.05) is 17.1 Å². The van der Waals surface area contributed by atoms with Gasteiger partial charge in [0.2, 0.25) is 5.91 Å². The van der Waals surface area contributed by atoms with Gasteiger partial charge < -0.3 is 0 Å². The number of benzene rings is 1. The number of hydrogen-bond donors (Lipinski definition) is 0. The van der Waals surface area contributed by atoms with Crippen molar-refractivity contribution >= 4 is 40.7 Å². The predicted octanol–water partition coefficient (Wildman–Crippen LogP) is 3.02. The molecule has 4 nitrogen and oxygen atoms in total. The summed E-state index contributed by atoms with van der Waals surface area (Å²) in [6.07, 6.45) is 4.04. The molecule has 3 rings (SSSR count). The molecule has 0 spiro atoms. The quantitative estimate of drug-likeness (QED) is 0.634. The normalized spacial score (nSPS) is 21.4. The summed E-state index contributed by atoms with van der Waals surface area (Å²) >= 11 is 7.49. The van der Waals surface area contributed by atoms with Crippen LogP contribution in [0, 0.1) is 5.92 Å². The Kier molecular flexibility index (Phi) is 4.08. The van der Waals surface area contributed by atoms with Crippen molar-refractivity contribution in [2.24, 2.45) is 16.1 Å². The van der Waals surface area contributed by atoms with E-state index >= 15 is 0 Å². The Morgan fingerprint density at radius 1 is 1.40 bits per heavy atom. The van der Waals surface area contributed by atoms with Gasteiger partial charge in [0.25, 0.3) is 0 Å². The fraction of sp³-hybridized carbons (Fsp3) is 0.357. The lowest BCUT2D eigenvalue weighted by Gasteiger charge is -2.13. The molecule has 1 saturated carbocycles. The average molecular weight is 308 g/mol. The molecule has 0 atom stereocenters. The molecule has 104 valence electrons. The lowest BCUT2D eigenvalue weighted by Crippen LogP contribution is -2.31. The van der Waals surface area contributed by atoms with Crippen LogP contribution in [0.1, 0.15) is 18.4 Å². The summed E-state index contributed by atoms with van der Waals surface area (Å²) in [4.78, 5) is 13.5. The Hall–Kier alpha value is -1.33. The minimum absolute atomic E-state index is 0.133. The van der Waals surface area contributed by atoms with Crippen molar-refractivity contribution in [1.82, 2.24) is 4.90 Å². The van der Waals surface area contributed by atoms with Crippen LogP contribution in [-0.4, -0.2) is 34.5 Å². The maximum Gasteiger partial charge on any atom is 0.239 e. The van der Waals surface area contributed by atoms with Gasteiger partial charge in [-0.3, -0.25) is 9.69 Å². The Bertz CT molecular complexity index is 584. The van der Waals surface area contributed by atoms with E-state index in [4.69, 9.17) is 11.6 Å². The number of nitrogens with zero attached hydrogens (tertiary/aromatic N) is 3. The van der Waals surface area contributed by atoms with E-state index in [1.54, 1.807) is 11.1 Å². The molecule has 20 heavy (non-hydrogen) atoms. The first-order valence-electron chi connectivity index (χ1n) is 6.53. The highest BCUT2D eigenvalue weighted by atomic mass is 35.5. The van der Waals surface area contributed by atoms with E-state index in [1.807, 2.05) is 24.3 Å². The first kappa shape index (κ1) is 13.6. The predicted molar refractivity (Wildman–Crippen MR) is 83.4 cm³/mol. The van der Waals surface area contributed by atoms with E-state index in [1.165, 1.54) is 24.6 Å². The van der Waals surface area contributed by atoms with E-state index in [-0.39, 0.29) is 5.91 Å². The monoisotopic (exact) mass is 307 g/mol. The van der Waals surface area contributed by atoms with Crippen molar-refractivity contribution in [2.75, 3.05) is 12.3 Å². The molecule has 2 fully saturated rings. The number of carbonyl (C=O) groups excluding carboxylic acids is 1. The van der Waals surface area contributed by atoms with Gasteiger partial charge >= 0.3 is 0 Å². The van der Waals surface area contributed by atoms with E-state index in [9.17, 15) is 4.79 Å². The van der Waals surface area contributed by atoms with Crippen LogP contribution in [0.3, 0.4) is 0 Å². The minimum atomic E-state index is 0.133. The lowest BCUT2D eigenvalue weighted by atomic mass is 10.2. The first-order chi connectivity index (χ1) is 9.74. The van der Waals surface area contributed by atoms with E-state index in [0.29, 0.717) is 21.9 Å². The van der Waals surface area contributed by atoms with E-state index in [2.05, 4.69) is 10.2 Å². The van der Waals surface area contributed by atoms with Crippen LogP contribution in [0.2, 0.25) is 5.02 Å². The summed E-state index contributed by atoms with van der Waals surface area (Å²) in [6, 6.07) is 7.45. The Morgan fingerprint density at radius 2 is 2.20 bits per heavy atom. The molecule has 0 N–H and O–H groups in total. The second-order valence-electron chi connectivity index (χ2n) is 4.89. The van der Waals surface area contributed by atoms with Gasteiger partial charge in [-0.1, -0.05) is 41.6 Å². The van der Waals surface area contributed by atoms with Crippen molar-refractivity contribution in [3.8, 4) is 0 Å². The van der Waals surface area contributed by atoms with Gasteiger partial charge in [-0.15, -0.1) is 5.10 Å². The minimum Gasteiger partial charge on any atom is -0.289 e. The third kappa shape index (κ3) is 3.22. The first-order valence-corrected chi connectivity index (χ1v) is 7.89. The highest BCUT2D eigenvalue weighted by Crippen LogP contribution is 2.32. The Morgan fingerprint density at radius 3 is 2.95 bits per heavy atom. The number of amidine groups is 1. The number of rotatable bonds is 4. The molecular weight excluding hydrogens is 294 g/mol. The smallest absolute Gasteiger partial charge is 0.239 e. The summed E-state index contributed by atoms with van der Waals surface area (Å²) in [5.41, 5.74) is 0.821. The van der Waals surface area contributed by atoms with Crippen LogP contribution < -0.4 is 0 Å². The zero-order chi connectivity index (χ0) is 13.9. The Labute approximate surface area is 126 Å². The molecule has 0 aromatic heterocycles. The van der Waals surface area contributed by atoms with Crippen LogP contribution in [-0.2, 0) is 4.79 Å². The molecule has 1 aliphatic carbocycles. The summed E-state index contributed by atoms with van der Waals surface area (Å²) in [6.45, 7) is 0.784. The molecule has 1 saturated heterocycles. The van der Waals surface area contributed by atoms with Gasteiger partial charge in [0.15, 0.2) is 5.17 Å². The fourth-order valence-electron chi connectivity index (χ4n) is 1.93. The van der Waals surface area contributed by atoms with Gasteiger partial charge in [-0.25, -0.2) is 0 Å². The summed E-state index contributed by atoms with van der Waals surface area (Å²) in [5.74, 6) is 1.25. The molecule has 0 bridgehead atoms. The second kappa shape index (κ2) is 5.97. The topological polar surface area (TPSA) is 45.0 Å². The number of halogens is 1. The molecule has 1 amide bonds. The number of carbonyl (C=O) groups is 1. The molecule has 1 heterocycles. The molecule has 1 aromatic carbocycles. The summed E-state index contributed by atoms with van der Waals surface area (Å²) in [5, 5.41) is 9.57. The molecule has 6 heteroatoms. The lowest BCUT2D eigenvalue weighted by molar-refractivity contribution is -0.124. The molecule has 1 aliphatic heterocycles. The molecule has 2 aliphatic rings. The van der Waals surface area contributed by atoms with Crippen molar-refractivity contribution in [1.29, 1.82) is 0 Å². The van der Waals surface area contributed by atoms with Crippen molar-refractivity contribution in [2.45, 2.75) is 12.8 Å². The number of amides is 1. The third-order valence-corrected chi connectivity index (χ3v) is 4.54. The van der Waals surface area contributed by atoms with Crippen molar-refractivity contribution in [3.05, 3.63) is 34.9 Å². The largest absolute Gasteiger partial charge is 0.289 e. The SMILES string of the molecule is O=C1CSC(=N/N=C/c2ccccc2Cl)N1CC1CC1. The van der Waals surface area contributed by atoms with Crippen molar-refractivity contribution < 1.29 is 4.79 Å². The van der Waals surface area contributed by atoms with Gasteiger partial charge in [-0.2, -0.15) is 5.10 Å². The highest BCUT2D eigenvalue weighted by molar-refractivity contribution is 8.15. The van der Waals surface area contributed by atoms with Gasteiger partial charge in [0.1, 0.15) is 0 Å². The highest BCUT2D eigenvalue weighted by Gasteiger charge is 2.33. The Balaban J connectivity index is 1.71. The van der Waals surface area contributed by atoms with Gasteiger partial charge in [0.05, 0.1) is 12.0 Å². The van der Waals surface area contributed by atoms with Crippen LogP contribution in [0.25, 0.3) is 0 Å². The number of hydrogen-bond acceptors (Lipinski definition) is 4. The molecular formula is C14H14ClN3OS. The molecule has 0 radical (unpaired) electrons. The second-order valence-corrected chi connectivity index (χ2v) is 6.23. The maximum absolute atomic E-state index is 11.8. The molecule has 1 aromatic rings.